The van der Waals surface area contributed by atoms with Gasteiger partial charge in [0.25, 0.3) is 5.91 Å². The number of carbonyl (C=O) groups excluding carboxylic acids is 2. The lowest BCUT2D eigenvalue weighted by Crippen LogP contribution is -2.48. The molecule has 2 aromatic heterocycles. The van der Waals surface area contributed by atoms with Crippen LogP contribution in [0.25, 0.3) is 10.9 Å². The standard InChI is InChI=1S/C23H29N5O4/c1-14(2)21(29)26-18-6-5-17-12-24-28(19(17)11-18)13-23(31)7-9-27(10-8-23)22(30)20-15(3)25-16(4)32-20/h5-6,11-12,14,31H,7-10,13H2,1-4H3,(H,26,29). The lowest BCUT2D eigenvalue weighted by molar-refractivity contribution is -0.118. The molecule has 3 heterocycles. The van der Waals surface area contributed by atoms with Crippen molar-refractivity contribution in [3.63, 3.8) is 0 Å². The van der Waals surface area contributed by atoms with Gasteiger partial charge >= 0.3 is 0 Å². The summed E-state index contributed by atoms with van der Waals surface area (Å²) >= 11 is 0. The molecule has 1 aliphatic heterocycles. The molecule has 9 heteroatoms. The lowest BCUT2D eigenvalue weighted by atomic mass is 9.91. The first-order valence-corrected chi connectivity index (χ1v) is 10.9. The molecule has 0 bridgehead atoms. The Morgan fingerprint density at radius 3 is 2.59 bits per heavy atom. The lowest BCUT2D eigenvalue weighted by Gasteiger charge is -2.37. The van der Waals surface area contributed by atoms with Gasteiger partial charge in [-0.1, -0.05) is 13.8 Å². The van der Waals surface area contributed by atoms with Crippen LogP contribution in [0.3, 0.4) is 0 Å². The van der Waals surface area contributed by atoms with Crippen LogP contribution in [0.1, 0.15) is 48.8 Å². The predicted octanol–water partition coefficient (Wildman–Crippen LogP) is 2.90. The predicted molar refractivity (Wildman–Crippen MR) is 119 cm³/mol. The molecule has 0 atom stereocenters. The smallest absolute Gasteiger partial charge is 0.291 e. The Hall–Kier alpha value is -3.20. The number of aryl methyl sites for hydroxylation is 2. The molecule has 1 fully saturated rings. The Morgan fingerprint density at radius 2 is 1.97 bits per heavy atom. The summed E-state index contributed by atoms with van der Waals surface area (Å²) in [4.78, 5) is 30.7. The van der Waals surface area contributed by atoms with E-state index in [1.165, 1.54) is 0 Å². The molecule has 0 radical (unpaired) electrons. The van der Waals surface area contributed by atoms with Crippen LogP contribution >= 0.6 is 0 Å². The number of rotatable bonds is 5. The number of aliphatic hydroxyl groups is 1. The van der Waals surface area contributed by atoms with Gasteiger partial charge in [0.05, 0.1) is 29.6 Å². The first-order chi connectivity index (χ1) is 15.1. The monoisotopic (exact) mass is 439 g/mol. The summed E-state index contributed by atoms with van der Waals surface area (Å²) in [7, 11) is 0. The van der Waals surface area contributed by atoms with Gasteiger partial charge in [-0.15, -0.1) is 0 Å². The zero-order chi connectivity index (χ0) is 23.0. The minimum Gasteiger partial charge on any atom is -0.436 e. The highest BCUT2D eigenvalue weighted by molar-refractivity contribution is 5.94. The summed E-state index contributed by atoms with van der Waals surface area (Å²) in [6.07, 6.45) is 2.60. The van der Waals surface area contributed by atoms with Gasteiger partial charge in [0.1, 0.15) is 0 Å². The summed E-state index contributed by atoms with van der Waals surface area (Å²) < 4.78 is 7.22. The Labute approximate surface area is 186 Å². The average Bonchev–Trinajstić information content (AvgIpc) is 3.29. The summed E-state index contributed by atoms with van der Waals surface area (Å²) in [5, 5.41) is 19.5. The topological polar surface area (TPSA) is 113 Å². The van der Waals surface area contributed by atoms with Crippen LogP contribution < -0.4 is 5.32 Å². The molecular formula is C23H29N5O4. The van der Waals surface area contributed by atoms with E-state index in [9.17, 15) is 14.7 Å². The number of amides is 2. The van der Waals surface area contributed by atoms with Crippen molar-refractivity contribution in [2.45, 2.75) is 52.7 Å². The van der Waals surface area contributed by atoms with E-state index < -0.39 is 5.60 Å². The Balaban J connectivity index is 1.45. The van der Waals surface area contributed by atoms with Crippen LogP contribution in [-0.4, -0.2) is 55.3 Å². The second-order valence-corrected chi connectivity index (χ2v) is 8.88. The maximum Gasteiger partial charge on any atom is 0.291 e. The van der Waals surface area contributed by atoms with Crippen LogP contribution in [0.15, 0.2) is 28.8 Å². The quantitative estimate of drug-likeness (QED) is 0.632. The molecule has 1 aliphatic rings. The van der Waals surface area contributed by atoms with E-state index in [1.54, 1.807) is 29.6 Å². The highest BCUT2D eigenvalue weighted by Gasteiger charge is 2.36. The third kappa shape index (κ3) is 4.38. The van der Waals surface area contributed by atoms with Crippen molar-refractivity contribution in [1.82, 2.24) is 19.7 Å². The van der Waals surface area contributed by atoms with Crippen molar-refractivity contribution in [3.8, 4) is 0 Å². The molecule has 0 saturated carbocycles. The third-order valence-electron chi connectivity index (χ3n) is 5.96. The van der Waals surface area contributed by atoms with Crippen molar-refractivity contribution >= 4 is 28.4 Å². The van der Waals surface area contributed by atoms with Crippen molar-refractivity contribution in [2.24, 2.45) is 5.92 Å². The zero-order valence-electron chi connectivity index (χ0n) is 18.9. The van der Waals surface area contributed by atoms with Crippen LogP contribution in [0.5, 0.6) is 0 Å². The Morgan fingerprint density at radius 1 is 1.25 bits per heavy atom. The normalized spacial score (nSPS) is 16.0. The van der Waals surface area contributed by atoms with E-state index >= 15 is 0 Å². The molecule has 1 aromatic carbocycles. The number of nitrogens with one attached hydrogen (secondary N) is 1. The molecule has 2 amide bonds. The number of hydrogen-bond acceptors (Lipinski definition) is 6. The number of nitrogens with zero attached hydrogens (tertiary/aromatic N) is 4. The van der Waals surface area contributed by atoms with E-state index in [1.807, 2.05) is 32.0 Å². The number of hydrogen-bond donors (Lipinski definition) is 2. The van der Waals surface area contributed by atoms with Crippen LogP contribution in [0, 0.1) is 19.8 Å². The van der Waals surface area contributed by atoms with Gasteiger partial charge in [0.2, 0.25) is 11.7 Å². The van der Waals surface area contributed by atoms with Gasteiger partial charge in [0, 0.05) is 37.0 Å². The molecule has 2 N–H and O–H groups in total. The highest BCUT2D eigenvalue weighted by atomic mass is 16.4. The number of anilines is 1. The molecule has 32 heavy (non-hydrogen) atoms. The van der Waals surface area contributed by atoms with E-state index in [4.69, 9.17) is 4.42 Å². The molecular weight excluding hydrogens is 410 g/mol. The zero-order valence-corrected chi connectivity index (χ0v) is 18.9. The second kappa shape index (κ2) is 8.38. The summed E-state index contributed by atoms with van der Waals surface area (Å²) in [6, 6.07) is 5.63. The number of likely N-dealkylation sites (tertiary alicyclic amines) is 1. The Kier molecular flexibility index (Phi) is 5.77. The van der Waals surface area contributed by atoms with E-state index in [0.717, 1.165) is 10.9 Å². The molecule has 1 saturated heterocycles. The minimum atomic E-state index is -0.987. The second-order valence-electron chi connectivity index (χ2n) is 8.88. The van der Waals surface area contributed by atoms with Crippen molar-refractivity contribution in [1.29, 1.82) is 0 Å². The van der Waals surface area contributed by atoms with Crippen LogP contribution in [0.4, 0.5) is 5.69 Å². The van der Waals surface area contributed by atoms with Gasteiger partial charge in [-0.3, -0.25) is 14.3 Å². The van der Waals surface area contributed by atoms with Gasteiger partial charge in [-0.2, -0.15) is 5.10 Å². The molecule has 3 aromatic rings. The molecule has 0 spiro atoms. The van der Waals surface area contributed by atoms with Gasteiger partial charge in [-0.25, -0.2) is 4.98 Å². The fourth-order valence-corrected chi connectivity index (χ4v) is 4.00. The van der Waals surface area contributed by atoms with Gasteiger partial charge in [-0.05, 0) is 38.0 Å². The third-order valence-corrected chi connectivity index (χ3v) is 5.96. The van der Waals surface area contributed by atoms with Crippen molar-refractivity contribution in [2.75, 3.05) is 18.4 Å². The molecule has 170 valence electrons. The van der Waals surface area contributed by atoms with E-state index in [2.05, 4.69) is 15.4 Å². The average molecular weight is 440 g/mol. The number of carbonyl (C=O) groups is 2. The SMILES string of the molecule is Cc1nc(C)c(C(=O)N2CCC(O)(Cn3ncc4ccc(NC(=O)C(C)C)cc43)CC2)o1. The molecule has 9 nitrogen and oxygen atoms in total. The summed E-state index contributed by atoms with van der Waals surface area (Å²) in [5.74, 6) is 0.369. The number of piperidine rings is 1. The molecule has 0 aliphatic carbocycles. The van der Waals surface area contributed by atoms with Gasteiger partial charge < -0.3 is 19.7 Å². The first-order valence-electron chi connectivity index (χ1n) is 10.9. The fourth-order valence-electron chi connectivity index (χ4n) is 4.00. The van der Waals surface area contributed by atoms with Crippen molar-refractivity contribution < 1.29 is 19.1 Å². The molecule has 4 rings (SSSR count). The maximum atomic E-state index is 12.8. The summed E-state index contributed by atoms with van der Waals surface area (Å²) in [5.41, 5.74) is 1.13. The number of benzene rings is 1. The number of oxazole rings is 1. The summed E-state index contributed by atoms with van der Waals surface area (Å²) in [6.45, 7) is 8.30. The van der Waals surface area contributed by atoms with Crippen LogP contribution in [-0.2, 0) is 11.3 Å². The number of aromatic nitrogens is 3. The largest absolute Gasteiger partial charge is 0.436 e. The van der Waals surface area contributed by atoms with Crippen LogP contribution in [0.2, 0.25) is 0 Å². The molecule has 0 unspecified atom stereocenters. The minimum absolute atomic E-state index is 0.0525. The maximum absolute atomic E-state index is 12.8. The first kappa shape index (κ1) is 22.0. The fraction of sp³-hybridized carbons (Fsp3) is 0.478. The number of fused-ring (bicyclic) bond motifs is 1. The van der Waals surface area contributed by atoms with Gasteiger partial charge in [0.15, 0.2) is 5.89 Å². The van der Waals surface area contributed by atoms with E-state index in [-0.39, 0.29) is 23.5 Å². The highest BCUT2D eigenvalue weighted by Crippen LogP contribution is 2.28. The van der Waals surface area contributed by atoms with E-state index in [0.29, 0.717) is 49.7 Å². The van der Waals surface area contributed by atoms with Crippen molar-refractivity contribution in [3.05, 3.63) is 41.7 Å². The Bertz CT molecular complexity index is 1150.